The molecule has 22 heavy (non-hydrogen) atoms. The Hall–Kier alpha value is -0.810. The van der Waals surface area contributed by atoms with E-state index in [1.807, 2.05) is 0 Å². The highest BCUT2D eigenvalue weighted by atomic mass is 35.5. The van der Waals surface area contributed by atoms with E-state index >= 15 is 0 Å². The molecule has 0 aliphatic carbocycles. The standard InChI is InChI=1S/C16H25N3O.2ClH/c1-16(2,17)15(20)18-11-13-5-7-14(8-6-13)12-19-9-3-4-10-19;;/h5-8H,3-4,9-12,17H2,1-2H3,(H,18,20);2*1H. The van der Waals surface area contributed by atoms with E-state index in [1.54, 1.807) is 13.8 Å². The molecule has 0 aromatic heterocycles. The predicted molar refractivity (Wildman–Crippen MR) is 95.6 cm³/mol. The number of likely N-dealkylation sites (tertiary alicyclic amines) is 1. The molecule has 1 amide bonds. The minimum atomic E-state index is -0.824. The molecular weight excluding hydrogens is 321 g/mol. The Labute approximate surface area is 145 Å². The highest BCUT2D eigenvalue weighted by Gasteiger charge is 2.21. The lowest BCUT2D eigenvalue weighted by Crippen LogP contribution is -2.48. The van der Waals surface area contributed by atoms with Gasteiger partial charge in [-0.3, -0.25) is 9.69 Å². The van der Waals surface area contributed by atoms with E-state index in [4.69, 9.17) is 5.73 Å². The summed E-state index contributed by atoms with van der Waals surface area (Å²) < 4.78 is 0. The van der Waals surface area contributed by atoms with E-state index in [2.05, 4.69) is 34.5 Å². The molecule has 0 unspecified atom stereocenters. The molecule has 1 aliphatic heterocycles. The topological polar surface area (TPSA) is 58.4 Å². The van der Waals surface area contributed by atoms with Crippen molar-refractivity contribution in [1.82, 2.24) is 10.2 Å². The lowest BCUT2D eigenvalue weighted by molar-refractivity contribution is -0.125. The first-order valence-corrected chi connectivity index (χ1v) is 7.32. The van der Waals surface area contributed by atoms with Crippen LogP contribution in [0.2, 0.25) is 0 Å². The van der Waals surface area contributed by atoms with Gasteiger partial charge in [0.2, 0.25) is 5.91 Å². The van der Waals surface area contributed by atoms with Gasteiger partial charge in [0.25, 0.3) is 0 Å². The lowest BCUT2D eigenvalue weighted by atomic mass is 10.1. The Morgan fingerprint density at radius 1 is 1.14 bits per heavy atom. The third-order valence-corrected chi connectivity index (χ3v) is 3.67. The van der Waals surface area contributed by atoms with Crippen LogP contribution < -0.4 is 11.1 Å². The average Bonchev–Trinajstić information content (AvgIpc) is 2.89. The van der Waals surface area contributed by atoms with Crippen molar-refractivity contribution in [3.8, 4) is 0 Å². The van der Waals surface area contributed by atoms with Crippen LogP contribution in [0.1, 0.15) is 37.8 Å². The van der Waals surface area contributed by atoms with Gasteiger partial charge in [0, 0.05) is 13.1 Å². The number of hydrogen-bond acceptors (Lipinski definition) is 3. The second-order valence-corrected chi connectivity index (χ2v) is 6.20. The fraction of sp³-hybridized carbons (Fsp3) is 0.562. The first-order valence-electron chi connectivity index (χ1n) is 7.32. The van der Waals surface area contributed by atoms with Crippen LogP contribution in [0.15, 0.2) is 24.3 Å². The largest absolute Gasteiger partial charge is 0.350 e. The van der Waals surface area contributed by atoms with Gasteiger partial charge in [-0.1, -0.05) is 24.3 Å². The summed E-state index contributed by atoms with van der Waals surface area (Å²) in [4.78, 5) is 14.2. The molecule has 1 saturated heterocycles. The van der Waals surface area contributed by atoms with Crippen molar-refractivity contribution in [2.75, 3.05) is 13.1 Å². The number of rotatable bonds is 5. The lowest BCUT2D eigenvalue weighted by Gasteiger charge is -2.18. The maximum atomic E-state index is 11.7. The molecule has 126 valence electrons. The summed E-state index contributed by atoms with van der Waals surface area (Å²) in [7, 11) is 0. The van der Waals surface area contributed by atoms with Crippen LogP contribution in [0, 0.1) is 0 Å². The van der Waals surface area contributed by atoms with Gasteiger partial charge in [0.05, 0.1) is 5.54 Å². The minimum Gasteiger partial charge on any atom is -0.350 e. The first kappa shape index (κ1) is 21.2. The van der Waals surface area contributed by atoms with Gasteiger partial charge < -0.3 is 11.1 Å². The summed E-state index contributed by atoms with van der Waals surface area (Å²) in [5.74, 6) is -0.126. The van der Waals surface area contributed by atoms with Gasteiger partial charge in [-0.15, -0.1) is 24.8 Å². The zero-order valence-electron chi connectivity index (χ0n) is 13.3. The van der Waals surface area contributed by atoms with Crippen molar-refractivity contribution in [3.05, 3.63) is 35.4 Å². The third kappa shape index (κ3) is 6.53. The molecule has 0 radical (unpaired) electrons. The van der Waals surface area contributed by atoms with Crippen LogP contribution in [0.3, 0.4) is 0 Å². The number of nitrogens with zero attached hydrogens (tertiary/aromatic N) is 1. The fourth-order valence-electron chi connectivity index (χ4n) is 2.37. The SMILES string of the molecule is CC(C)(N)C(=O)NCc1ccc(CN2CCCC2)cc1.Cl.Cl. The van der Waals surface area contributed by atoms with Crippen LogP contribution in [0.5, 0.6) is 0 Å². The molecule has 2 rings (SSSR count). The molecule has 1 fully saturated rings. The van der Waals surface area contributed by atoms with Crippen LogP contribution in [-0.4, -0.2) is 29.4 Å². The van der Waals surface area contributed by atoms with Crippen LogP contribution in [0.4, 0.5) is 0 Å². The van der Waals surface area contributed by atoms with Gasteiger partial charge in [0.1, 0.15) is 0 Å². The second kappa shape index (κ2) is 9.36. The zero-order valence-corrected chi connectivity index (χ0v) is 14.9. The molecule has 3 N–H and O–H groups in total. The van der Waals surface area contributed by atoms with Gasteiger partial charge in [-0.2, -0.15) is 0 Å². The molecular formula is C16H27Cl2N3O. The van der Waals surface area contributed by atoms with Crippen LogP contribution >= 0.6 is 24.8 Å². The second-order valence-electron chi connectivity index (χ2n) is 6.20. The Bertz CT molecular complexity index is 451. The molecule has 1 aliphatic rings. The van der Waals surface area contributed by atoms with Crippen molar-refractivity contribution in [2.24, 2.45) is 5.73 Å². The van der Waals surface area contributed by atoms with Gasteiger partial charge >= 0.3 is 0 Å². The summed E-state index contributed by atoms with van der Waals surface area (Å²) in [6.07, 6.45) is 2.64. The molecule has 6 heteroatoms. The molecule has 4 nitrogen and oxygen atoms in total. The van der Waals surface area contributed by atoms with Crippen LogP contribution in [-0.2, 0) is 17.9 Å². The summed E-state index contributed by atoms with van der Waals surface area (Å²) >= 11 is 0. The van der Waals surface area contributed by atoms with E-state index in [9.17, 15) is 4.79 Å². The number of nitrogens with two attached hydrogens (primary N) is 1. The van der Waals surface area contributed by atoms with E-state index in [1.165, 1.54) is 31.5 Å². The van der Waals surface area contributed by atoms with E-state index in [-0.39, 0.29) is 30.7 Å². The average molecular weight is 348 g/mol. The molecule has 0 saturated carbocycles. The van der Waals surface area contributed by atoms with Gasteiger partial charge in [-0.25, -0.2) is 0 Å². The van der Waals surface area contributed by atoms with Crippen molar-refractivity contribution in [3.63, 3.8) is 0 Å². The normalized spacial score (nSPS) is 14.9. The monoisotopic (exact) mass is 347 g/mol. The van der Waals surface area contributed by atoms with E-state index < -0.39 is 5.54 Å². The zero-order chi connectivity index (χ0) is 14.6. The Balaban J connectivity index is 0.00000220. The quantitative estimate of drug-likeness (QED) is 0.860. The molecule has 0 bridgehead atoms. The molecule has 0 atom stereocenters. The molecule has 1 heterocycles. The molecule has 1 aromatic rings. The fourth-order valence-corrected chi connectivity index (χ4v) is 2.37. The highest BCUT2D eigenvalue weighted by molar-refractivity contribution is 5.85. The van der Waals surface area contributed by atoms with Gasteiger partial charge in [0.15, 0.2) is 0 Å². The highest BCUT2D eigenvalue weighted by Crippen LogP contribution is 2.13. The number of halogens is 2. The maximum absolute atomic E-state index is 11.7. The first-order chi connectivity index (χ1) is 9.45. The number of carbonyl (C=O) groups is 1. The summed E-state index contributed by atoms with van der Waals surface area (Å²) in [5.41, 5.74) is 7.36. The van der Waals surface area contributed by atoms with Crippen molar-refractivity contribution < 1.29 is 4.79 Å². The maximum Gasteiger partial charge on any atom is 0.239 e. The number of benzene rings is 1. The number of amides is 1. The molecule has 1 aromatic carbocycles. The van der Waals surface area contributed by atoms with E-state index in [0.29, 0.717) is 6.54 Å². The third-order valence-electron chi connectivity index (χ3n) is 3.67. The Kier molecular flexibility index (Phi) is 9.01. The van der Waals surface area contributed by atoms with Crippen molar-refractivity contribution in [1.29, 1.82) is 0 Å². The van der Waals surface area contributed by atoms with Crippen molar-refractivity contribution >= 4 is 30.7 Å². The Morgan fingerprint density at radius 2 is 1.64 bits per heavy atom. The van der Waals surface area contributed by atoms with Crippen LogP contribution in [0.25, 0.3) is 0 Å². The number of nitrogens with one attached hydrogen (secondary N) is 1. The predicted octanol–water partition coefficient (Wildman–Crippen LogP) is 2.48. The Morgan fingerprint density at radius 3 is 2.14 bits per heavy atom. The van der Waals surface area contributed by atoms with Crippen molar-refractivity contribution in [2.45, 2.75) is 45.3 Å². The summed E-state index contributed by atoms with van der Waals surface area (Å²) in [5, 5.41) is 2.86. The van der Waals surface area contributed by atoms with Gasteiger partial charge in [-0.05, 0) is 50.9 Å². The van der Waals surface area contributed by atoms with E-state index in [0.717, 1.165) is 12.1 Å². The number of carbonyl (C=O) groups excluding carboxylic acids is 1. The minimum absolute atomic E-state index is 0. The summed E-state index contributed by atoms with van der Waals surface area (Å²) in [6, 6.07) is 8.45. The number of hydrogen-bond donors (Lipinski definition) is 2. The molecule has 0 spiro atoms. The smallest absolute Gasteiger partial charge is 0.239 e. The summed E-state index contributed by atoms with van der Waals surface area (Å²) in [6.45, 7) is 7.40.